The molecule has 0 radical (unpaired) electrons. The number of rotatable bonds is 4. The highest BCUT2D eigenvalue weighted by molar-refractivity contribution is 7.79. The smallest absolute Gasteiger partial charge is 0.416 e. The van der Waals surface area contributed by atoms with Gasteiger partial charge in [0.25, 0.3) is 0 Å². The Morgan fingerprint density at radius 1 is 1.33 bits per heavy atom. The number of carboxylic acid groups (broad SMARTS) is 1. The Balaban J connectivity index is 1.97. The van der Waals surface area contributed by atoms with Gasteiger partial charge in [0, 0.05) is 12.1 Å². The van der Waals surface area contributed by atoms with Crippen LogP contribution in [-0.2, 0) is 23.8 Å². The molecule has 12 heteroatoms. The van der Waals surface area contributed by atoms with E-state index in [1.807, 2.05) is 0 Å². The molecule has 2 unspecified atom stereocenters. The van der Waals surface area contributed by atoms with Crippen molar-refractivity contribution in [3.8, 4) is 11.1 Å². The zero-order valence-corrected chi connectivity index (χ0v) is 14.5. The Morgan fingerprint density at radius 2 is 2.00 bits per heavy atom. The minimum atomic E-state index is -4.46. The second kappa shape index (κ2) is 7.19. The molecule has 1 aliphatic heterocycles. The lowest BCUT2D eigenvalue weighted by Gasteiger charge is -2.35. The van der Waals surface area contributed by atoms with Crippen molar-refractivity contribution in [2.75, 3.05) is 17.3 Å². The standard InChI is InChI=1S/C15H15F3N4O4S/c16-15(17,18)10-3-1-9(2-4-10)12-5-19-22-7-11(20-14(23)24)6-21(13(12)22)8-27(25)26/h1-5,11,20H,6-8H2,(H,23,24)(H,25,26)/p-1. The monoisotopic (exact) mass is 403 g/mol. The highest BCUT2D eigenvalue weighted by atomic mass is 32.2. The number of aromatic nitrogens is 2. The van der Waals surface area contributed by atoms with Crippen LogP contribution in [0.1, 0.15) is 5.56 Å². The first-order valence-corrected chi connectivity index (χ1v) is 8.93. The van der Waals surface area contributed by atoms with Crippen LogP contribution in [-0.4, -0.2) is 48.2 Å². The van der Waals surface area contributed by atoms with Crippen LogP contribution in [0.15, 0.2) is 30.5 Å². The molecule has 0 fully saturated rings. The average Bonchev–Trinajstić information content (AvgIpc) is 2.97. The number of carbonyl (C=O) groups is 1. The number of nitrogens with one attached hydrogen (secondary N) is 1. The molecule has 0 bridgehead atoms. The van der Waals surface area contributed by atoms with Crippen LogP contribution < -0.4 is 10.2 Å². The van der Waals surface area contributed by atoms with Crippen LogP contribution in [0.25, 0.3) is 11.1 Å². The molecule has 8 nitrogen and oxygen atoms in total. The molecule has 1 aromatic carbocycles. The van der Waals surface area contributed by atoms with Crippen molar-refractivity contribution in [3.63, 3.8) is 0 Å². The Labute approximate surface area is 153 Å². The zero-order valence-electron chi connectivity index (χ0n) is 13.6. The molecule has 2 atom stereocenters. The zero-order chi connectivity index (χ0) is 19.8. The number of amides is 1. The molecule has 0 saturated carbocycles. The van der Waals surface area contributed by atoms with E-state index in [1.165, 1.54) is 27.9 Å². The fraction of sp³-hybridized carbons (Fsp3) is 0.333. The van der Waals surface area contributed by atoms with E-state index in [2.05, 4.69) is 10.4 Å². The van der Waals surface area contributed by atoms with Crippen LogP contribution >= 0.6 is 0 Å². The molecule has 0 saturated heterocycles. The van der Waals surface area contributed by atoms with Crippen molar-refractivity contribution in [1.29, 1.82) is 0 Å². The lowest BCUT2D eigenvalue weighted by Crippen LogP contribution is -2.51. The summed E-state index contributed by atoms with van der Waals surface area (Å²) in [6, 6.07) is 3.86. The number of fused-ring (bicyclic) bond motifs is 1. The summed E-state index contributed by atoms with van der Waals surface area (Å²) in [5.74, 6) is -0.000630. The number of benzene rings is 1. The molecule has 2 aromatic rings. The van der Waals surface area contributed by atoms with Gasteiger partial charge in [0.05, 0.1) is 30.2 Å². The normalized spacial score (nSPS) is 18.1. The fourth-order valence-corrected chi connectivity index (χ4v) is 3.50. The van der Waals surface area contributed by atoms with Crippen molar-refractivity contribution in [2.45, 2.75) is 18.8 Å². The van der Waals surface area contributed by atoms with Gasteiger partial charge in [-0.25, -0.2) is 9.48 Å². The molecular formula is C15H14F3N4O4S-. The average molecular weight is 403 g/mol. The van der Waals surface area contributed by atoms with Gasteiger partial charge in [-0.05, 0) is 28.8 Å². The molecule has 3 rings (SSSR count). The maximum atomic E-state index is 12.7. The van der Waals surface area contributed by atoms with E-state index in [9.17, 15) is 26.7 Å². The van der Waals surface area contributed by atoms with Crippen LogP contribution in [0.3, 0.4) is 0 Å². The second-order valence-electron chi connectivity index (χ2n) is 5.94. The summed E-state index contributed by atoms with van der Waals surface area (Å²) in [5, 5.41) is 15.3. The minimum absolute atomic E-state index is 0.0829. The van der Waals surface area contributed by atoms with Crippen LogP contribution in [0.4, 0.5) is 23.8 Å². The summed E-state index contributed by atoms with van der Waals surface area (Å²) >= 11 is -2.45. The molecule has 1 aliphatic rings. The fourth-order valence-electron chi connectivity index (χ4n) is 3.01. The van der Waals surface area contributed by atoms with E-state index < -0.39 is 40.8 Å². The van der Waals surface area contributed by atoms with E-state index in [0.717, 1.165) is 12.1 Å². The summed E-state index contributed by atoms with van der Waals surface area (Å²) in [6.45, 7) is 0.254. The highest BCUT2D eigenvalue weighted by Gasteiger charge is 2.32. The van der Waals surface area contributed by atoms with Gasteiger partial charge in [-0.15, -0.1) is 0 Å². The molecule has 2 heterocycles. The maximum Gasteiger partial charge on any atom is 0.416 e. The maximum absolute atomic E-state index is 12.7. The minimum Gasteiger partial charge on any atom is -0.771 e. The van der Waals surface area contributed by atoms with Gasteiger partial charge < -0.3 is 19.9 Å². The first kappa shape index (κ1) is 19.2. The molecule has 146 valence electrons. The summed E-state index contributed by atoms with van der Waals surface area (Å²) in [5.41, 5.74) is 0.106. The lowest BCUT2D eigenvalue weighted by molar-refractivity contribution is -0.137. The van der Waals surface area contributed by atoms with Gasteiger partial charge in [-0.3, -0.25) is 4.21 Å². The molecule has 2 N–H and O–H groups in total. The van der Waals surface area contributed by atoms with Crippen molar-refractivity contribution in [3.05, 3.63) is 36.0 Å². The van der Waals surface area contributed by atoms with E-state index in [1.54, 1.807) is 0 Å². The van der Waals surface area contributed by atoms with Crippen molar-refractivity contribution in [1.82, 2.24) is 15.1 Å². The summed E-state index contributed by atoms with van der Waals surface area (Å²) in [4.78, 5) is 12.3. The number of hydrogen-bond donors (Lipinski definition) is 2. The lowest BCUT2D eigenvalue weighted by atomic mass is 10.0. The Bertz CT molecular complexity index is 869. The van der Waals surface area contributed by atoms with Crippen molar-refractivity contribution >= 4 is 23.0 Å². The van der Waals surface area contributed by atoms with Crippen LogP contribution in [0.5, 0.6) is 0 Å². The predicted octanol–water partition coefficient (Wildman–Crippen LogP) is 1.86. The van der Waals surface area contributed by atoms with E-state index >= 15 is 0 Å². The molecule has 1 aromatic heterocycles. The van der Waals surface area contributed by atoms with Crippen LogP contribution in [0.2, 0.25) is 0 Å². The third kappa shape index (κ3) is 4.22. The molecule has 0 aliphatic carbocycles. The highest BCUT2D eigenvalue weighted by Crippen LogP contribution is 2.36. The van der Waals surface area contributed by atoms with E-state index in [-0.39, 0.29) is 13.1 Å². The second-order valence-corrected chi connectivity index (χ2v) is 6.81. The van der Waals surface area contributed by atoms with Crippen molar-refractivity contribution in [2.24, 2.45) is 0 Å². The largest absolute Gasteiger partial charge is 0.771 e. The van der Waals surface area contributed by atoms with Gasteiger partial charge in [-0.1, -0.05) is 12.1 Å². The van der Waals surface area contributed by atoms with Gasteiger partial charge in [0.1, 0.15) is 5.82 Å². The summed E-state index contributed by atoms with van der Waals surface area (Å²) in [7, 11) is 0. The third-order valence-corrected chi connectivity index (χ3v) is 4.58. The first-order valence-electron chi connectivity index (χ1n) is 7.69. The number of hydrogen-bond acceptors (Lipinski definition) is 5. The third-order valence-electron chi connectivity index (χ3n) is 4.06. The molecule has 27 heavy (non-hydrogen) atoms. The van der Waals surface area contributed by atoms with Gasteiger partial charge in [0.2, 0.25) is 0 Å². The van der Waals surface area contributed by atoms with Gasteiger partial charge in [-0.2, -0.15) is 18.3 Å². The molecule has 1 amide bonds. The van der Waals surface area contributed by atoms with Crippen molar-refractivity contribution < 1.29 is 31.8 Å². The van der Waals surface area contributed by atoms with Gasteiger partial charge >= 0.3 is 12.3 Å². The van der Waals surface area contributed by atoms with Crippen LogP contribution in [0, 0.1) is 0 Å². The number of halogens is 3. The predicted molar refractivity (Wildman–Crippen MR) is 88.7 cm³/mol. The number of nitrogens with zero attached hydrogens (tertiary/aromatic N) is 3. The number of alkyl halides is 3. The molecular weight excluding hydrogens is 389 g/mol. The summed E-state index contributed by atoms with van der Waals surface area (Å²) < 4.78 is 62.0. The van der Waals surface area contributed by atoms with Gasteiger partial charge in [0.15, 0.2) is 0 Å². The quantitative estimate of drug-likeness (QED) is 0.754. The Kier molecular flexibility index (Phi) is 5.11. The number of anilines is 1. The topological polar surface area (TPSA) is 111 Å². The SMILES string of the molecule is O=C(O)NC1CN(CS(=O)[O-])c2c(-c3ccc(C(F)(F)F)cc3)cnn2C1. The summed E-state index contributed by atoms with van der Waals surface area (Å²) in [6.07, 6.45) is -4.29. The van der Waals surface area contributed by atoms with E-state index in [4.69, 9.17) is 5.11 Å². The van der Waals surface area contributed by atoms with E-state index in [0.29, 0.717) is 16.9 Å². The Hall–Kier alpha value is -2.60. The Morgan fingerprint density at radius 3 is 2.56 bits per heavy atom. The molecule has 0 spiro atoms. The first-order chi connectivity index (χ1) is 12.6.